The molecule has 0 spiro atoms. The van der Waals surface area contributed by atoms with Gasteiger partial charge in [-0.15, -0.1) is 0 Å². The summed E-state index contributed by atoms with van der Waals surface area (Å²) in [6, 6.07) is 5.59. The number of hydrogen-bond acceptors (Lipinski definition) is 3. The largest absolute Gasteiger partial charge is 0.495 e. The topological polar surface area (TPSA) is 58.6 Å². The maximum Gasteiger partial charge on any atom is 0.331 e. The van der Waals surface area contributed by atoms with Crippen LogP contribution in [0, 0.1) is 0 Å². The van der Waals surface area contributed by atoms with Crippen molar-refractivity contribution in [3.63, 3.8) is 0 Å². The number of anilines is 1. The summed E-state index contributed by atoms with van der Waals surface area (Å²) in [5, 5.41) is 11.8. The molecule has 0 saturated heterocycles. The lowest BCUT2D eigenvalue weighted by Gasteiger charge is -2.10. The monoisotopic (exact) mass is 299 g/mol. The van der Waals surface area contributed by atoms with Crippen LogP contribution in [0.5, 0.6) is 5.75 Å². The van der Waals surface area contributed by atoms with E-state index < -0.39 is 5.97 Å². The van der Waals surface area contributed by atoms with Crippen LogP contribution in [0.2, 0.25) is 0 Å². The number of rotatable bonds is 5. The van der Waals surface area contributed by atoms with Crippen molar-refractivity contribution >= 4 is 27.6 Å². The summed E-state index contributed by atoms with van der Waals surface area (Å²) in [6.07, 6.45) is 1.61. The molecule has 5 heteroatoms. The number of aliphatic carboxylic acids is 1. The first-order valence-corrected chi connectivity index (χ1v) is 5.81. The van der Waals surface area contributed by atoms with E-state index in [4.69, 9.17) is 9.84 Å². The number of carbonyl (C=O) groups is 1. The third kappa shape index (κ3) is 4.11. The van der Waals surface area contributed by atoms with Crippen molar-refractivity contribution in [1.29, 1.82) is 0 Å². The molecule has 0 aliphatic heterocycles. The molecule has 1 aromatic rings. The Kier molecular flexibility index (Phi) is 5.03. The Morgan fingerprint density at radius 3 is 2.88 bits per heavy atom. The van der Waals surface area contributed by atoms with E-state index in [-0.39, 0.29) is 0 Å². The molecule has 0 aromatic heterocycles. The molecule has 2 N–H and O–H groups in total. The van der Waals surface area contributed by atoms with Crippen molar-refractivity contribution in [2.75, 3.05) is 19.0 Å². The first-order valence-electron chi connectivity index (χ1n) is 5.02. The maximum atomic E-state index is 10.6. The molecule has 92 valence electrons. The molecule has 4 nitrogen and oxygen atoms in total. The molecule has 17 heavy (non-hydrogen) atoms. The van der Waals surface area contributed by atoms with Crippen molar-refractivity contribution in [3.8, 4) is 5.75 Å². The van der Waals surface area contributed by atoms with Crippen LogP contribution in [0.4, 0.5) is 5.69 Å². The number of carboxylic acid groups (broad SMARTS) is 1. The van der Waals surface area contributed by atoms with Gasteiger partial charge in [-0.25, -0.2) is 4.79 Å². The zero-order chi connectivity index (χ0) is 12.8. The first-order chi connectivity index (χ1) is 8.04. The SMILES string of the molecule is COc1ccc(Br)cc1NC/C=C(/C)C(=O)O. The van der Waals surface area contributed by atoms with Crippen LogP contribution in [0.1, 0.15) is 6.92 Å². The predicted octanol–water partition coefficient (Wildman–Crippen LogP) is 2.90. The molecule has 1 rings (SSSR count). The third-order valence-electron chi connectivity index (χ3n) is 2.20. The van der Waals surface area contributed by atoms with E-state index >= 15 is 0 Å². The minimum Gasteiger partial charge on any atom is -0.495 e. The van der Waals surface area contributed by atoms with Gasteiger partial charge in [0.25, 0.3) is 0 Å². The summed E-state index contributed by atoms with van der Waals surface area (Å²) in [5.74, 6) is -0.192. The van der Waals surface area contributed by atoms with E-state index in [2.05, 4.69) is 21.2 Å². The second-order valence-electron chi connectivity index (χ2n) is 3.42. The molecule has 0 atom stereocenters. The van der Waals surface area contributed by atoms with Crippen LogP contribution in [-0.4, -0.2) is 24.7 Å². The van der Waals surface area contributed by atoms with Crippen LogP contribution >= 0.6 is 15.9 Å². The van der Waals surface area contributed by atoms with Gasteiger partial charge in [-0.05, 0) is 25.1 Å². The van der Waals surface area contributed by atoms with Crippen molar-refractivity contribution in [1.82, 2.24) is 0 Å². The number of benzene rings is 1. The average molecular weight is 300 g/mol. The van der Waals surface area contributed by atoms with Crippen molar-refractivity contribution in [2.45, 2.75) is 6.92 Å². The Labute approximate surface area is 108 Å². The van der Waals surface area contributed by atoms with E-state index in [0.717, 1.165) is 15.9 Å². The van der Waals surface area contributed by atoms with Crippen LogP contribution < -0.4 is 10.1 Å². The van der Waals surface area contributed by atoms with Crippen LogP contribution in [0.25, 0.3) is 0 Å². The third-order valence-corrected chi connectivity index (χ3v) is 2.69. The Balaban J connectivity index is 2.72. The summed E-state index contributed by atoms with van der Waals surface area (Å²) < 4.78 is 6.12. The number of ether oxygens (including phenoxy) is 1. The minimum atomic E-state index is -0.909. The van der Waals surface area contributed by atoms with Gasteiger partial charge in [0, 0.05) is 16.6 Å². The van der Waals surface area contributed by atoms with Gasteiger partial charge in [0.1, 0.15) is 5.75 Å². The molecule has 1 aromatic carbocycles. The Hall–Kier alpha value is -1.49. The summed E-state index contributed by atoms with van der Waals surface area (Å²) in [4.78, 5) is 10.6. The number of carboxylic acids is 1. The highest BCUT2D eigenvalue weighted by Crippen LogP contribution is 2.27. The maximum absolute atomic E-state index is 10.6. The minimum absolute atomic E-state index is 0.312. The zero-order valence-electron chi connectivity index (χ0n) is 9.66. The number of methoxy groups -OCH3 is 1. The van der Waals surface area contributed by atoms with Crippen molar-refractivity contribution in [3.05, 3.63) is 34.3 Å². The molecule has 0 radical (unpaired) electrons. The summed E-state index contributed by atoms with van der Waals surface area (Å²) in [5.41, 5.74) is 1.13. The summed E-state index contributed by atoms with van der Waals surface area (Å²) in [6.45, 7) is 1.99. The quantitative estimate of drug-likeness (QED) is 0.821. The molecule has 0 aliphatic rings. The fourth-order valence-corrected chi connectivity index (χ4v) is 1.58. The van der Waals surface area contributed by atoms with Gasteiger partial charge < -0.3 is 15.2 Å². The summed E-state index contributed by atoms with van der Waals surface area (Å²) in [7, 11) is 1.59. The molecule has 0 unspecified atom stereocenters. The van der Waals surface area contributed by atoms with Gasteiger partial charge in [-0.1, -0.05) is 22.0 Å². The second-order valence-corrected chi connectivity index (χ2v) is 4.33. The van der Waals surface area contributed by atoms with E-state index in [1.165, 1.54) is 0 Å². The van der Waals surface area contributed by atoms with Gasteiger partial charge in [0.2, 0.25) is 0 Å². The Bertz CT molecular complexity index is 443. The Morgan fingerprint density at radius 1 is 1.59 bits per heavy atom. The van der Waals surface area contributed by atoms with Gasteiger partial charge in [-0.2, -0.15) is 0 Å². The van der Waals surface area contributed by atoms with Gasteiger partial charge in [0.05, 0.1) is 12.8 Å². The van der Waals surface area contributed by atoms with Crippen LogP contribution in [0.3, 0.4) is 0 Å². The molecule has 0 bridgehead atoms. The van der Waals surface area contributed by atoms with E-state index in [1.807, 2.05) is 18.2 Å². The first kappa shape index (κ1) is 13.6. The van der Waals surface area contributed by atoms with Gasteiger partial charge >= 0.3 is 5.97 Å². The van der Waals surface area contributed by atoms with Crippen molar-refractivity contribution in [2.24, 2.45) is 0 Å². The van der Waals surface area contributed by atoms with E-state index in [9.17, 15) is 4.79 Å². The number of nitrogens with one attached hydrogen (secondary N) is 1. The predicted molar refractivity (Wildman–Crippen MR) is 70.6 cm³/mol. The second kappa shape index (κ2) is 6.30. The summed E-state index contributed by atoms with van der Waals surface area (Å²) >= 11 is 3.36. The van der Waals surface area contributed by atoms with Crippen LogP contribution in [0.15, 0.2) is 34.3 Å². The standard InChI is InChI=1S/C12H14BrNO3/c1-8(12(15)16)5-6-14-10-7-9(13)3-4-11(10)17-2/h3-5,7,14H,6H2,1-2H3,(H,15,16)/b8-5-. The molecule has 0 aliphatic carbocycles. The molecule has 0 heterocycles. The highest BCUT2D eigenvalue weighted by Gasteiger charge is 2.03. The normalized spacial score (nSPS) is 11.1. The molecular weight excluding hydrogens is 286 g/mol. The zero-order valence-corrected chi connectivity index (χ0v) is 11.2. The smallest absolute Gasteiger partial charge is 0.331 e. The van der Waals surface area contributed by atoms with Crippen LogP contribution in [-0.2, 0) is 4.79 Å². The highest BCUT2D eigenvalue weighted by molar-refractivity contribution is 9.10. The van der Waals surface area contributed by atoms with Gasteiger partial charge in [0.15, 0.2) is 0 Å². The van der Waals surface area contributed by atoms with Crippen molar-refractivity contribution < 1.29 is 14.6 Å². The lowest BCUT2D eigenvalue weighted by Crippen LogP contribution is -2.04. The highest BCUT2D eigenvalue weighted by atomic mass is 79.9. The number of halogens is 1. The lowest BCUT2D eigenvalue weighted by atomic mass is 10.2. The molecular formula is C12H14BrNO3. The molecule has 0 amide bonds. The lowest BCUT2D eigenvalue weighted by molar-refractivity contribution is -0.132. The van der Waals surface area contributed by atoms with E-state index in [1.54, 1.807) is 20.1 Å². The number of hydrogen-bond donors (Lipinski definition) is 2. The van der Waals surface area contributed by atoms with E-state index in [0.29, 0.717) is 12.1 Å². The van der Waals surface area contributed by atoms with Gasteiger partial charge in [-0.3, -0.25) is 0 Å². The molecule has 0 saturated carbocycles. The average Bonchev–Trinajstić information content (AvgIpc) is 2.29. The fraction of sp³-hybridized carbons (Fsp3) is 0.250. The fourth-order valence-electron chi connectivity index (χ4n) is 1.22. The Morgan fingerprint density at radius 2 is 2.29 bits per heavy atom. The molecule has 0 fully saturated rings.